The highest BCUT2D eigenvalue weighted by Gasteiger charge is 2.57. The van der Waals surface area contributed by atoms with Crippen LogP contribution in [-0.2, 0) is 14.3 Å². The Balaban J connectivity index is 2.09. The Bertz CT molecular complexity index is 391. The largest absolute Gasteiger partial charge is 0.468 e. The molecule has 108 valence electrons. The summed E-state index contributed by atoms with van der Waals surface area (Å²) in [4.78, 5) is 25.7. The lowest BCUT2D eigenvalue weighted by Gasteiger charge is -2.26. The third-order valence-corrected chi connectivity index (χ3v) is 3.77. The van der Waals surface area contributed by atoms with Gasteiger partial charge in [-0.3, -0.25) is 4.79 Å². The van der Waals surface area contributed by atoms with Crippen LogP contribution in [0.3, 0.4) is 0 Å². The SMILES string of the molecule is COC(=O)C12CNCC1CN(C(=O)OC(C)(C)C)C2. The quantitative estimate of drug-likeness (QED) is 0.707. The van der Waals surface area contributed by atoms with Crippen LogP contribution in [0.4, 0.5) is 4.79 Å². The number of esters is 1. The molecule has 1 amide bonds. The highest BCUT2D eigenvalue weighted by atomic mass is 16.6. The fourth-order valence-corrected chi connectivity index (χ4v) is 2.88. The van der Waals surface area contributed by atoms with Gasteiger partial charge in [-0.1, -0.05) is 0 Å². The summed E-state index contributed by atoms with van der Waals surface area (Å²) in [6.07, 6.45) is -0.356. The molecule has 1 N–H and O–H groups in total. The zero-order valence-corrected chi connectivity index (χ0v) is 12.0. The predicted octanol–water partition coefficient (Wildman–Crippen LogP) is 0.616. The van der Waals surface area contributed by atoms with E-state index in [4.69, 9.17) is 9.47 Å². The lowest BCUT2D eigenvalue weighted by Crippen LogP contribution is -2.43. The Morgan fingerprint density at radius 2 is 2.05 bits per heavy atom. The molecule has 0 bridgehead atoms. The fraction of sp³-hybridized carbons (Fsp3) is 0.846. The molecule has 0 saturated carbocycles. The van der Waals surface area contributed by atoms with Crippen LogP contribution in [0, 0.1) is 11.3 Å². The van der Waals surface area contributed by atoms with Crippen molar-refractivity contribution >= 4 is 12.1 Å². The maximum absolute atomic E-state index is 12.1. The molecule has 0 aromatic heterocycles. The van der Waals surface area contributed by atoms with Crippen molar-refractivity contribution in [3.05, 3.63) is 0 Å². The van der Waals surface area contributed by atoms with Gasteiger partial charge in [0.05, 0.1) is 7.11 Å². The zero-order valence-electron chi connectivity index (χ0n) is 12.0. The molecule has 0 radical (unpaired) electrons. The topological polar surface area (TPSA) is 67.9 Å². The molecule has 2 fully saturated rings. The second kappa shape index (κ2) is 4.67. The summed E-state index contributed by atoms with van der Waals surface area (Å²) >= 11 is 0. The molecule has 0 aliphatic carbocycles. The van der Waals surface area contributed by atoms with Gasteiger partial charge in [-0.2, -0.15) is 0 Å². The number of nitrogens with zero attached hydrogens (tertiary/aromatic N) is 1. The van der Waals surface area contributed by atoms with E-state index in [0.717, 1.165) is 6.54 Å². The molecule has 2 rings (SSSR count). The number of rotatable bonds is 1. The van der Waals surface area contributed by atoms with E-state index in [1.807, 2.05) is 20.8 Å². The fourth-order valence-electron chi connectivity index (χ4n) is 2.88. The van der Waals surface area contributed by atoms with Gasteiger partial charge in [0.25, 0.3) is 0 Å². The van der Waals surface area contributed by atoms with Crippen LogP contribution in [0.5, 0.6) is 0 Å². The van der Waals surface area contributed by atoms with Crippen molar-refractivity contribution in [3.63, 3.8) is 0 Å². The summed E-state index contributed by atoms with van der Waals surface area (Å²) in [5.74, 6) is -0.138. The third-order valence-electron chi connectivity index (χ3n) is 3.77. The van der Waals surface area contributed by atoms with Crippen LogP contribution in [0.15, 0.2) is 0 Å². The number of hydrogen-bond donors (Lipinski definition) is 1. The summed E-state index contributed by atoms with van der Waals surface area (Å²) < 4.78 is 10.3. The van der Waals surface area contributed by atoms with Crippen molar-refractivity contribution in [3.8, 4) is 0 Å². The Morgan fingerprint density at radius 1 is 1.37 bits per heavy atom. The van der Waals surface area contributed by atoms with Gasteiger partial charge in [-0.15, -0.1) is 0 Å². The van der Waals surface area contributed by atoms with E-state index in [0.29, 0.717) is 19.6 Å². The first kappa shape index (κ1) is 14.1. The van der Waals surface area contributed by atoms with E-state index < -0.39 is 11.0 Å². The Hall–Kier alpha value is -1.30. The Labute approximate surface area is 113 Å². The number of nitrogens with one attached hydrogen (secondary N) is 1. The van der Waals surface area contributed by atoms with E-state index in [1.165, 1.54) is 7.11 Å². The van der Waals surface area contributed by atoms with Crippen molar-refractivity contribution in [2.45, 2.75) is 26.4 Å². The number of amides is 1. The molecule has 2 aliphatic heterocycles. The smallest absolute Gasteiger partial charge is 0.410 e. The van der Waals surface area contributed by atoms with Gasteiger partial charge in [0.1, 0.15) is 11.0 Å². The van der Waals surface area contributed by atoms with Crippen LogP contribution in [0.25, 0.3) is 0 Å². The second-order valence-corrected chi connectivity index (χ2v) is 6.34. The summed E-state index contributed by atoms with van der Waals surface area (Å²) in [5, 5.41) is 3.21. The number of fused-ring (bicyclic) bond motifs is 1. The van der Waals surface area contributed by atoms with Gasteiger partial charge in [0, 0.05) is 32.1 Å². The first-order valence-corrected chi connectivity index (χ1v) is 6.55. The van der Waals surface area contributed by atoms with E-state index in [1.54, 1.807) is 4.90 Å². The van der Waals surface area contributed by atoms with Gasteiger partial charge >= 0.3 is 12.1 Å². The molecule has 0 aromatic carbocycles. The van der Waals surface area contributed by atoms with Gasteiger partial charge in [-0.05, 0) is 20.8 Å². The number of methoxy groups -OCH3 is 1. The third kappa shape index (κ3) is 2.54. The van der Waals surface area contributed by atoms with Gasteiger partial charge < -0.3 is 19.7 Å². The molecule has 2 heterocycles. The summed E-state index contributed by atoms with van der Waals surface area (Å²) in [7, 11) is 1.39. The highest BCUT2D eigenvalue weighted by Crippen LogP contribution is 2.40. The number of ether oxygens (including phenoxy) is 2. The first-order chi connectivity index (χ1) is 8.78. The summed E-state index contributed by atoms with van der Waals surface area (Å²) in [6, 6.07) is 0. The van der Waals surface area contributed by atoms with E-state index >= 15 is 0 Å². The van der Waals surface area contributed by atoms with Crippen LogP contribution in [0.1, 0.15) is 20.8 Å². The minimum atomic E-state index is -0.606. The monoisotopic (exact) mass is 270 g/mol. The molecule has 6 heteroatoms. The van der Waals surface area contributed by atoms with E-state index in [2.05, 4.69) is 5.32 Å². The lowest BCUT2D eigenvalue weighted by molar-refractivity contribution is -0.152. The molecule has 0 spiro atoms. The molecular weight excluding hydrogens is 248 g/mol. The van der Waals surface area contributed by atoms with Crippen molar-refractivity contribution in [1.29, 1.82) is 0 Å². The molecular formula is C13H22N2O4. The van der Waals surface area contributed by atoms with Gasteiger partial charge in [0.15, 0.2) is 0 Å². The number of carbonyl (C=O) groups is 2. The van der Waals surface area contributed by atoms with Crippen LogP contribution >= 0.6 is 0 Å². The molecule has 2 saturated heterocycles. The van der Waals surface area contributed by atoms with Crippen LogP contribution in [-0.4, -0.2) is 55.9 Å². The average Bonchev–Trinajstić information content (AvgIpc) is 2.82. The maximum atomic E-state index is 12.1. The van der Waals surface area contributed by atoms with Crippen molar-refractivity contribution in [2.24, 2.45) is 11.3 Å². The standard InChI is InChI=1S/C13H22N2O4/c1-12(2,3)19-11(17)15-6-9-5-14-7-13(9,8-15)10(16)18-4/h9,14H,5-8H2,1-4H3. The minimum Gasteiger partial charge on any atom is -0.468 e. The highest BCUT2D eigenvalue weighted by molar-refractivity contribution is 5.81. The maximum Gasteiger partial charge on any atom is 0.410 e. The molecule has 2 atom stereocenters. The number of hydrogen-bond acceptors (Lipinski definition) is 5. The van der Waals surface area contributed by atoms with Crippen molar-refractivity contribution in [1.82, 2.24) is 10.2 Å². The lowest BCUT2D eigenvalue weighted by atomic mass is 9.81. The molecule has 19 heavy (non-hydrogen) atoms. The Kier molecular flexibility index (Phi) is 3.47. The van der Waals surface area contributed by atoms with E-state index in [9.17, 15) is 9.59 Å². The Morgan fingerprint density at radius 3 is 2.63 bits per heavy atom. The van der Waals surface area contributed by atoms with Gasteiger partial charge in [-0.25, -0.2) is 4.79 Å². The number of carbonyl (C=O) groups excluding carboxylic acids is 2. The molecule has 0 aromatic rings. The normalized spacial score (nSPS) is 30.1. The van der Waals surface area contributed by atoms with Crippen LogP contribution in [0.2, 0.25) is 0 Å². The van der Waals surface area contributed by atoms with Crippen molar-refractivity contribution in [2.75, 3.05) is 33.3 Å². The minimum absolute atomic E-state index is 0.104. The second-order valence-electron chi connectivity index (χ2n) is 6.34. The predicted molar refractivity (Wildman–Crippen MR) is 68.6 cm³/mol. The number of likely N-dealkylation sites (tertiary alicyclic amines) is 1. The summed E-state index contributed by atoms with van der Waals surface area (Å²) in [6.45, 7) is 7.69. The van der Waals surface area contributed by atoms with E-state index in [-0.39, 0.29) is 18.0 Å². The van der Waals surface area contributed by atoms with Crippen LogP contribution < -0.4 is 5.32 Å². The molecule has 6 nitrogen and oxygen atoms in total. The van der Waals surface area contributed by atoms with Crippen molar-refractivity contribution < 1.29 is 19.1 Å². The van der Waals surface area contributed by atoms with Gasteiger partial charge in [0.2, 0.25) is 0 Å². The molecule has 2 aliphatic rings. The summed E-state index contributed by atoms with van der Waals surface area (Å²) in [5.41, 5.74) is -1.13. The average molecular weight is 270 g/mol. The first-order valence-electron chi connectivity index (χ1n) is 6.55. The molecule has 2 unspecified atom stereocenters. The zero-order chi connectivity index (χ0) is 14.3.